The fraction of sp³-hybridized carbons (Fsp3) is 0.133. The summed E-state index contributed by atoms with van der Waals surface area (Å²) < 4.78 is 19.6. The molecule has 0 radical (unpaired) electrons. The van der Waals surface area contributed by atoms with E-state index in [0.717, 1.165) is 63.9 Å². The number of hydrogen-bond donors (Lipinski definition) is 0. The van der Waals surface area contributed by atoms with Crippen LogP contribution >= 0.6 is 34.8 Å². The van der Waals surface area contributed by atoms with Gasteiger partial charge in [-0.2, -0.15) is 0 Å². The van der Waals surface area contributed by atoms with Crippen molar-refractivity contribution >= 4 is 69.0 Å². The van der Waals surface area contributed by atoms with Gasteiger partial charge in [0.25, 0.3) is 0 Å². The molecule has 0 aromatic heterocycles. The smallest absolute Gasteiger partial charge is 0.153 e. The van der Waals surface area contributed by atoms with Gasteiger partial charge in [0.15, 0.2) is 17.2 Å². The lowest BCUT2D eigenvalue weighted by atomic mass is 9.66. The van der Waals surface area contributed by atoms with E-state index in [-0.39, 0.29) is 17.8 Å². The number of aliphatic imine (C=N–C) groups is 3. The first-order valence-corrected chi connectivity index (χ1v) is 19.0. The molecule has 0 spiro atoms. The van der Waals surface area contributed by atoms with Gasteiger partial charge in [0.1, 0.15) is 34.3 Å². The highest BCUT2D eigenvalue weighted by Crippen LogP contribution is 2.50. The summed E-state index contributed by atoms with van der Waals surface area (Å²) in [6.45, 7) is 0. The van der Waals surface area contributed by atoms with E-state index >= 15 is 0 Å². The van der Waals surface area contributed by atoms with E-state index in [1.54, 1.807) is 0 Å². The van der Waals surface area contributed by atoms with E-state index in [1.807, 2.05) is 109 Å². The van der Waals surface area contributed by atoms with Gasteiger partial charge in [0.2, 0.25) is 0 Å². The van der Waals surface area contributed by atoms with Gasteiger partial charge in [0, 0.05) is 49.5 Å². The molecule has 4 aliphatic rings. The molecule has 6 aromatic rings. The van der Waals surface area contributed by atoms with Crippen LogP contribution in [0.5, 0.6) is 34.5 Å². The van der Waals surface area contributed by atoms with Crippen molar-refractivity contribution in [3.8, 4) is 34.5 Å². The lowest BCUT2D eigenvalue weighted by molar-refractivity contribution is 0.333. The lowest BCUT2D eigenvalue weighted by Gasteiger charge is -2.38. The molecule has 0 N–H and O–H groups in total. The minimum absolute atomic E-state index is 0.0263. The molecule has 0 bridgehead atoms. The highest BCUT2D eigenvalue weighted by atomic mass is 35.5. The van der Waals surface area contributed by atoms with E-state index in [0.29, 0.717) is 55.8 Å². The number of ether oxygens (including phenoxy) is 3. The molecule has 0 unspecified atom stereocenters. The van der Waals surface area contributed by atoms with Crippen molar-refractivity contribution in [2.75, 3.05) is 0 Å². The number of benzene rings is 6. The fourth-order valence-corrected chi connectivity index (χ4v) is 8.64. The van der Waals surface area contributed by atoms with Gasteiger partial charge in [-0.05, 0) is 110 Å². The lowest BCUT2D eigenvalue weighted by Crippen LogP contribution is -2.38. The van der Waals surface area contributed by atoms with E-state index in [1.165, 1.54) is 0 Å². The Hall–Kier alpha value is -5.40. The van der Waals surface area contributed by atoms with E-state index in [2.05, 4.69) is 18.2 Å². The minimum atomic E-state index is -0.149. The second kappa shape index (κ2) is 13.5. The van der Waals surface area contributed by atoms with Crippen molar-refractivity contribution in [2.45, 2.75) is 19.3 Å². The average molecular weight is 767 g/mol. The predicted molar refractivity (Wildman–Crippen MR) is 217 cm³/mol. The third kappa shape index (κ3) is 5.95. The highest BCUT2D eigenvalue weighted by Gasteiger charge is 2.42. The largest absolute Gasteiger partial charge is 0.454 e. The van der Waals surface area contributed by atoms with Gasteiger partial charge in [0.05, 0.1) is 17.1 Å². The van der Waals surface area contributed by atoms with Crippen LogP contribution in [-0.4, -0.2) is 17.1 Å². The Morgan fingerprint density at radius 1 is 0.407 bits per heavy atom. The average Bonchev–Trinajstić information content (AvgIpc) is 3.54. The Morgan fingerprint density at radius 2 is 0.796 bits per heavy atom. The molecule has 9 heteroatoms. The second-order valence-electron chi connectivity index (χ2n) is 13.8. The SMILES string of the molecule is Clc1ccc2c(c1)N=C([C@@H]1CC[C@@H](C3=Nc4cc(Cl)ccc4Oc4ccccc43)[C@H](C3=Nc4cc(Cl)ccc4Oc4ccccc43)C1)c1ccccc1O2. The molecule has 3 heterocycles. The monoisotopic (exact) mass is 765 g/mol. The molecule has 6 nitrogen and oxygen atoms in total. The van der Waals surface area contributed by atoms with Crippen LogP contribution in [0.1, 0.15) is 36.0 Å². The van der Waals surface area contributed by atoms with Gasteiger partial charge in [-0.3, -0.25) is 0 Å². The van der Waals surface area contributed by atoms with Crippen LogP contribution in [0.15, 0.2) is 142 Å². The topological polar surface area (TPSA) is 64.8 Å². The Labute approximate surface area is 327 Å². The van der Waals surface area contributed by atoms with Gasteiger partial charge < -0.3 is 14.2 Å². The van der Waals surface area contributed by atoms with Crippen molar-refractivity contribution in [1.82, 2.24) is 0 Å². The summed E-state index contributed by atoms with van der Waals surface area (Å²) in [5.41, 5.74) is 7.68. The van der Waals surface area contributed by atoms with Crippen LogP contribution in [-0.2, 0) is 0 Å². The third-order valence-electron chi connectivity index (χ3n) is 10.6. The van der Waals surface area contributed by atoms with Crippen LogP contribution in [0, 0.1) is 17.8 Å². The summed E-state index contributed by atoms with van der Waals surface area (Å²) in [4.78, 5) is 16.2. The summed E-state index contributed by atoms with van der Waals surface area (Å²) >= 11 is 19.7. The van der Waals surface area contributed by atoms with Gasteiger partial charge in [-0.25, -0.2) is 15.0 Å². The number of rotatable bonds is 3. The summed E-state index contributed by atoms with van der Waals surface area (Å²) in [6.07, 6.45) is 2.33. The standard InChI is InChI=1S/C45H30Cl3N3O3/c46-26-14-18-40-34(22-26)49-43(30-7-1-4-10-37(30)52-40)25-13-17-29(44-31-8-2-5-11-38(31)53-41-19-15-27(47)23-35(41)50-44)33(21-25)45-32-9-3-6-12-39(32)54-42-20-16-28(48)24-36(42)51-45/h1-12,14-16,18-20,22-25,29,33H,13,17,21H2/t25-,29-,33-/m1/s1. The number of halogens is 3. The van der Waals surface area contributed by atoms with E-state index < -0.39 is 0 Å². The third-order valence-corrected chi connectivity index (χ3v) is 11.3. The predicted octanol–water partition coefficient (Wildman–Crippen LogP) is 13.8. The first kappa shape index (κ1) is 33.2. The molecule has 6 aromatic carbocycles. The van der Waals surface area contributed by atoms with E-state index in [9.17, 15) is 0 Å². The van der Waals surface area contributed by atoms with Crippen molar-refractivity contribution in [2.24, 2.45) is 32.7 Å². The first-order valence-electron chi connectivity index (χ1n) is 17.9. The molecular formula is C45H30Cl3N3O3. The first-order chi connectivity index (χ1) is 26.4. The molecule has 1 saturated carbocycles. The summed E-state index contributed by atoms with van der Waals surface area (Å²) in [5, 5.41) is 1.77. The zero-order valence-electron chi connectivity index (χ0n) is 28.7. The van der Waals surface area contributed by atoms with Crippen molar-refractivity contribution in [3.63, 3.8) is 0 Å². The molecular weight excluding hydrogens is 737 g/mol. The Bertz CT molecular complexity index is 2600. The number of para-hydroxylation sites is 3. The highest BCUT2D eigenvalue weighted by molar-refractivity contribution is 6.31. The Kier molecular flexibility index (Phi) is 8.28. The molecule has 3 atom stereocenters. The summed E-state index contributed by atoms with van der Waals surface area (Å²) in [7, 11) is 0. The molecule has 3 aliphatic heterocycles. The van der Waals surface area contributed by atoms with Crippen molar-refractivity contribution in [1.29, 1.82) is 0 Å². The minimum Gasteiger partial charge on any atom is -0.454 e. The Balaban J connectivity index is 1.19. The van der Waals surface area contributed by atoms with Crippen molar-refractivity contribution in [3.05, 3.63) is 159 Å². The molecule has 54 heavy (non-hydrogen) atoms. The van der Waals surface area contributed by atoms with Crippen LogP contribution in [0.2, 0.25) is 15.1 Å². The van der Waals surface area contributed by atoms with Gasteiger partial charge in [-0.1, -0.05) is 71.2 Å². The van der Waals surface area contributed by atoms with Gasteiger partial charge >= 0.3 is 0 Å². The normalized spacial score (nSPS) is 19.4. The maximum absolute atomic E-state index is 6.59. The molecule has 1 aliphatic carbocycles. The number of fused-ring (bicyclic) bond motifs is 6. The molecule has 264 valence electrons. The summed E-state index contributed by atoms with van der Waals surface area (Å²) in [5.74, 6) is 4.01. The zero-order valence-corrected chi connectivity index (χ0v) is 30.9. The maximum atomic E-state index is 6.59. The van der Waals surface area contributed by atoms with E-state index in [4.69, 9.17) is 64.0 Å². The molecule has 0 amide bonds. The number of nitrogens with zero attached hydrogens (tertiary/aromatic N) is 3. The molecule has 1 fully saturated rings. The van der Waals surface area contributed by atoms with Crippen LogP contribution < -0.4 is 14.2 Å². The number of hydrogen-bond acceptors (Lipinski definition) is 6. The maximum Gasteiger partial charge on any atom is 0.153 e. The van der Waals surface area contributed by atoms with Crippen LogP contribution in [0.4, 0.5) is 17.1 Å². The molecule has 0 saturated heterocycles. The quantitative estimate of drug-likeness (QED) is 0.180. The Morgan fingerprint density at radius 3 is 1.26 bits per heavy atom. The fourth-order valence-electron chi connectivity index (χ4n) is 8.14. The van der Waals surface area contributed by atoms with Gasteiger partial charge in [-0.15, -0.1) is 0 Å². The second-order valence-corrected chi connectivity index (χ2v) is 15.2. The molecule has 10 rings (SSSR count). The van der Waals surface area contributed by atoms with Crippen LogP contribution in [0.25, 0.3) is 0 Å². The zero-order chi connectivity index (χ0) is 36.3. The summed E-state index contributed by atoms with van der Waals surface area (Å²) in [6, 6.07) is 41.1. The van der Waals surface area contributed by atoms with Crippen molar-refractivity contribution < 1.29 is 14.2 Å². The van der Waals surface area contributed by atoms with Crippen LogP contribution in [0.3, 0.4) is 0 Å².